The summed E-state index contributed by atoms with van der Waals surface area (Å²) in [6.45, 7) is 2.61. The smallest absolute Gasteiger partial charge is 0.231 e. The van der Waals surface area contributed by atoms with E-state index in [4.69, 9.17) is 9.47 Å². The first-order chi connectivity index (χ1) is 12.7. The van der Waals surface area contributed by atoms with Crippen LogP contribution in [0.4, 0.5) is 21.7 Å². The van der Waals surface area contributed by atoms with E-state index >= 15 is 0 Å². The Morgan fingerprint density at radius 3 is 2.58 bits per heavy atom. The number of fused-ring (bicyclic) bond motifs is 1. The number of anilines is 3. The van der Waals surface area contributed by atoms with Gasteiger partial charge in [0.1, 0.15) is 23.3 Å². The van der Waals surface area contributed by atoms with Gasteiger partial charge in [0.05, 0.1) is 0 Å². The maximum absolute atomic E-state index is 13.0. The molecule has 4 rings (SSSR count). The average Bonchev–Trinajstić information content (AvgIpc) is 3.08. The molecule has 0 fully saturated rings. The fourth-order valence-electron chi connectivity index (χ4n) is 2.64. The van der Waals surface area contributed by atoms with Gasteiger partial charge in [-0.25, -0.2) is 14.4 Å². The van der Waals surface area contributed by atoms with Crippen LogP contribution in [-0.2, 0) is 6.54 Å². The molecule has 0 saturated carbocycles. The molecule has 2 aromatic carbocycles. The van der Waals surface area contributed by atoms with E-state index in [9.17, 15) is 4.39 Å². The summed E-state index contributed by atoms with van der Waals surface area (Å²) in [5.74, 6) is 3.17. The molecule has 0 unspecified atom stereocenters. The number of nitrogens with zero attached hydrogens (tertiary/aromatic N) is 2. The normalized spacial score (nSPS) is 12.1. The molecule has 2 heterocycles. The highest BCUT2D eigenvalue weighted by atomic mass is 19.1. The Hall–Kier alpha value is -3.35. The number of nitrogens with one attached hydrogen (secondary N) is 2. The zero-order valence-corrected chi connectivity index (χ0v) is 14.1. The van der Waals surface area contributed by atoms with Gasteiger partial charge in [0.15, 0.2) is 11.5 Å². The van der Waals surface area contributed by atoms with Crippen LogP contribution in [0.5, 0.6) is 11.5 Å². The van der Waals surface area contributed by atoms with E-state index in [-0.39, 0.29) is 12.6 Å². The lowest BCUT2D eigenvalue weighted by atomic mass is 10.2. The van der Waals surface area contributed by atoms with Gasteiger partial charge in [0, 0.05) is 24.4 Å². The monoisotopic (exact) mass is 352 g/mol. The minimum atomic E-state index is -0.248. The van der Waals surface area contributed by atoms with Crippen molar-refractivity contribution in [3.8, 4) is 11.5 Å². The lowest BCUT2D eigenvalue weighted by Gasteiger charge is -2.11. The van der Waals surface area contributed by atoms with Crippen LogP contribution < -0.4 is 20.1 Å². The number of aryl methyl sites for hydroxylation is 1. The number of hydrogen-bond acceptors (Lipinski definition) is 6. The molecule has 3 aromatic rings. The fourth-order valence-corrected chi connectivity index (χ4v) is 2.64. The van der Waals surface area contributed by atoms with Crippen LogP contribution in [0.1, 0.15) is 11.4 Å². The van der Waals surface area contributed by atoms with Gasteiger partial charge in [0.25, 0.3) is 0 Å². The standard InChI is InChI=1S/C19H17FN4O2/c1-12-22-18(21-10-13-2-4-14(20)5-3-13)9-19(23-12)24-15-6-7-16-17(8-15)26-11-25-16/h2-9H,10-11H2,1H3,(H2,21,22,23,24). The van der Waals surface area contributed by atoms with Crippen LogP contribution in [-0.4, -0.2) is 16.8 Å². The van der Waals surface area contributed by atoms with Gasteiger partial charge in [-0.1, -0.05) is 12.1 Å². The second-order valence-electron chi connectivity index (χ2n) is 5.86. The third-order valence-corrected chi connectivity index (χ3v) is 3.87. The summed E-state index contributed by atoms with van der Waals surface area (Å²) in [5.41, 5.74) is 1.81. The molecule has 0 aliphatic carbocycles. The average molecular weight is 352 g/mol. The van der Waals surface area contributed by atoms with E-state index < -0.39 is 0 Å². The summed E-state index contributed by atoms with van der Waals surface area (Å²) in [7, 11) is 0. The van der Waals surface area contributed by atoms with Gasteiger partial charge in [0.2, 0.25) is 6.79 Å². The molecule has 132 valence electrons. The van der Waals surface area contributed by atoms with Crippen molar-refractivity contribution >= 4 is 17.3 Å². The Morgan fingerprint density at radius 2 is 1.73 bits per heavy atom. The molecule has 6 nitrogen and oxygen atoms in total. The number of hydrogen-bond donors (Lipinski definition) is 2. The van der Waals surface area contributed by atoms with E-state index in [1.807, 2.05) is 31.2 Å². The van der Waals surface area contributed by atoms with Crippen LogP contribution in [0.2, 0.25) is 0 Å². The zero-order valence-electron chi connectivity index (χ0n) is 14.1. The molecule has 1 aliphatic rings. The third-order valence-electron chi connectivity index (χ3n) is 3.87. The Bertz CT molecular complexity index is 931. The lowest BCUT2D eigenvalue weighted by molar-refractivity contribution is 0.174. The Morgan fingerprint density at radius 1 is 0.962 bits per heavy atom. The van der Waals surface area contributed by atoms with E-state index in [2.05, 4.69) is 20.6 Å². The summed E-state index contributed by atoms with van der Waals surface area (Å²) in [5, 5.41) is 6.48. The number of rotatable bonds is 5. The topological polar surface area (TPSA) is 68.3 Å². The molecule has 7 heteroatoms. The third kappa shape index (κ3) is 3.66. The van der Waals surface area contributed by atoms with Gasteiger partial charge in [-0.2, -0.15) is 0 Å². The highest BCUT2D eigenvalue weighted by molar-refractivity contribution is 5.63. The molecule has 26 heavy (non-hydrogen) atoms. The van der Waals surface area contributed by atoms with Gasteiger partial charge in [-0.05, 0) is 36.8 Å². The predicted molar refractivity (Wildman–Crippen MR) is 96.3 cm³/mol. The van der Waals surface area contributed by atoms with Crippen LogP contribution >= 0.6 is 0 Å². The lowest BCUT2D eigenvalue weighted by Crippen LogP contribution is -2.05. The van der Waals surface area contributed by atoms with Crippen LogP contribution in [0, 0.1) is 12.7 Å². The number of ether oxygens (including phenoxy) is 2. The Kier molecular flexibility index (Phi) is 4.27. The van der Waals surface area contributed by atoms with E-state index in [1.165, 1.54) is 12.1 Å². The molecule has 0 amide bonds. The Balaban J connectivity index is 1.48. The van der Waals surface area contributed by atoms with Gasteiger partial charge in [-0.15, -0.1) is 0 Å². The van der Waals surface area contributed by atoms with E-state index in [0.29, 0.717) is 29.8 Å². The van der Waals surface area contributed by atoms with Crippen molar-refractivity contribution in [3.05, 3.63) is 65.7 Å². The number of aromatic nitrogens is 2. The van der Waals surface area contributed by atoms with Crippen molar-refractivity contribution in [2.24, 2.45) is 0 Å². The van der Waals surface area contributed by atoms with Crippen molar-refractivity contribution < 1.29 is 13.9 Å². The molecule has 0 radical (unpaired) electrons. The van der Waals surface area contributed by atoms with Crippen LogP contribution in [0.15, 0.2) is 48.5 Å². The van der Waals surface area contributed by atoms with Crippen molar-refractivity contribution in [2.45, 2.75) is 13.5 Å². The van der Waals surface area contributed by atoms with Crippen molar-refractivity contribution in [1.29, 1.82) is 0 Å². The molecule has 1 aliphatic heterocycles. The van der Waals surface area contributed by atoms with Crippen molar-refractivity contribution in [2.75, 3.05) is 17.4 Å². The summed E-state index contributed by atoms with van der Waals surface area (Å²) in [6, 6.07) is 13.8. The van der Waals surface area contributed by atoms with Gasteiger partial charge in [-0.3, -0.25) is 0 Å². The van der Waals surface area contributed by atoms with E-state index in [0.717, 1.165) is 17.0 Å². The summed E-state index contributed by atoms with van der Waals surface area (Å²) in [4.78, 5) is 8.79. The largest absolute Gasteiger partial charge is 0.454 e. The Labute approximate surface area is 150 Å². The first-order valence-electron chi connectivity index (χ1n) is 8.16. The highest BCUT2D eigenvalue weighted by Gasteiger charge is 2.13. The summed E-state index contributed by atoms with van der Waals surface area (Å²) in [6.07, 6.45) is 0. The SMILES string of the molecule is Cc1nc(NCc2ccc(F)cc2)cc(Nc2ccc3c(c2)OCO3)n1. The second kappa shape index (κ2) is 6.87. The molecular formula is C19H17FN4O2. The number of halogens is 1. The summed E-state index contributed by atoms with van der Waals surface area (Å²) < 4.78 is 23.7. The molecule has 0 atom stereocenters. The molecule has 0 spiro atoms. The second-order valence-corrected chi connectivity index (χ2v) is 5.86. The van der Waals surface area contributed by atoms with Crippen LogP contribution in [0.25, 0.3) is 0 Å². The van der Waals surface area contributed by atoms with Crippen LogP contribution in [0.3, 0.4) is 0 Å². The van der Waals surface area contributed by atoms with Gasteiger partial charge >= 0.3 is 0 Å². The minimum Gasteiger partial charge on any atom is -0.454 e. The first-order valence-corrected chi connectivity index (χ1v) is 8.16. The predicted octanol–water partition coefficient (Wildman–Crippen LogP) is 4.01. The molecule has 0 saturated heterocycles. The van der Waals surface area contributed by atoms with E-state index in [1.54, 1.807) is 12.1 Å². The zero-order chi connectivity index (χ0) is 17.9. The maximum atomic E-state index is 13.0. The molecule has 0 bridgehead atoms. The molecule has 1 aromatic heterocycles. The molecular weight excluding hydrogens is 335 g/mol. The van der Waals surface area contributed by atoms with Crippen molar-refractivity contribution in [1.82, 2.24) is 9.97 Å². The quantitative estimate of drug-likeness (QED) is 0.723. The summed E-state index contributed by atoms with van der Waals surface area (Å²) >= 11 is 0. The minimum absolute atomic E-state index is 0.239. The first kappa shape index (κ1) is 16.1. The molecule has 2 N–H and O–H groups in total. The van der Waals surface area contributed by atoms with Gasteiger partial charge < -0.3 is 20.1 Å². The number of benzene rings is 2. The maximum Gasteiger partial charge on any atom is 0.231 e. The van der Waals surface area contributed by atoms with Crippen molar-refractivity contribution in [3.63, 3.8) is 0 Å². The highest BCUT2D eigenvalue weighted by Crippen LogP contribution is 2.35. The fraction of sp³-hybridized carbons (Fsp3) is 0.158.